The molecule has 1 rings (SSSR count). The second kappa shape index (κ2) is 7.73. The van der Waals surface area contributed by atoms with Crippen LogP contribution in [0.5, 0.6) is 0 Å². The number of sulfone groups is 1. The Morgan fingerprint density at radius 1 is 1.35 bits per heavy atom. The Morgan fingerprint density at radius 2 is 1.90 bits per heavy atom. The van der Waals surface area contributed by atoms with Crippen molar-refractivity contribution in [3.63, 3.8) is 0 Å². The van der Waals surface area contributed by atoms with Gasteiger partial charge in [0.2, 0.25) is 0 Å². The van der Waals surface area contributed by atoms with Crippen LogP contribution in [-0.4, -0.2) is 80.7 Å². The van der Waals surface area contributed by atoms with Gasteiger partial charge in [0, 0.05) is 25.4 Å². The van der Waals surface area contributed by atoms with Crippen LogP contribution in [-0.2, 0) is 9.84 Å². The van der Waals surface area contributed by atoms with E-state index < -0.39 is 15.9 Å². The molecule has 0 aromatic heterocycles. The molecule has 0 amide bonds. The van der Waals surface area contributed by atoms with Gasteiger partial charge in [-0.25, -0.2) is 8.42 Å². The third-order valence-corrected chi connectivity index (χ3v) is 5.23. The highest BCUT2D eigenvalue weighted by Gasteiger charge is 2.21. The van der Waals surface area contributed by atoms with Crippen molar-refractivity contribution in [2.75, 3.05) is 45.2 Å². The highest BCUT2D eigenvalue weighted by Crippen LogP contribution is 2.16. The van der Waals surface area contributed by atoms with Crippen molar-refractivity contribution in [3.8, 4) is 0 Å². The highest BCUT2D eigenvalue weighted by atomic mass is 32.2. The van der Waals surface area contributed by atoms with Crippen LogP contribution in [0.1, 0.15) is 26.7 Å². The summed E-state index contributed by atoms with van der Waals surface area (Å²) in [4.78, 5) is 4.23. The van der Waals surface area contributed by atoms with Crippen molar-refractivity contribution >= 4 is 9.84 Å². The first-order chi connectivity index (χ1) is 9.17. The van der Waals surface area contributed by atoms with E-state index >= 15 is 0 Å². The average molecular weight is 306 g/mol. The fraction of sp³-hybridized carbons (Fsp3) is 1.00. The molecule has 120 valence electrons. The molecule has 1 aliphatic rings. The van der Waals surface area contributed by atoms with E-state index in [1.807, 2.05) is 18.9 Å². The molecule has 1 N–H and O–H groups in total. The van der Waals surface area contributed by atoms with Crippen LogP contribution < -0.4 is 0 Å². The molecular weight excluding hydrogens is 276 g/mol. The van der Waals surface area contributed by atoms with Gasteiger partial charge in [-0.15, -0.1) is 0 Å². The number of hydrogen-bond donors (Lipinski definition) is 1. The number of piperidine rings is 1. The molecule has 20 heavy (non-hydrogen) atoms. The van der Waals surface area contributed by atoms with E-state index in [-0.39, 0.29) is 11.8 Å². The van der Waals surface area contributed by atoms with E-state index in [9.17, 15) is 13.5 Å². The Hall–Kier alpha value is -0.170. The summed E-state index contributed by atoms with van der Waals surface area (Å²) in [7, 11) is -1.10. The molecule has 0 bridgehead atoms. The van der Waals surface area contributed by atoms with Gasteiger partial charge in [0.15, 0.2) is 0 Å². The van der Waals surface area contributed by atoms with Crippen molar-refractivity contribution in [1.82, 2.24) is 9.80 Å². The van der Waals surface area contributed by atoms with Crippen LogP contribution in [0.4, 0.5) is 0 Å². The molecule has 1 fully saturated rings. The molecule has 6 heteroatoms. The Bertz CT molecular complexity index is 378. The minimum atomic E-state index is -2.97. The molecule has 0 radical (unpaired) electrons. The van der Waals surface area contributed by atoms with Gasteiger partial charge in [-0.2, -0.15) is 0 Å². The zero-order chi connectivity index (χ0) is 15.3. The average Bonchev–Trinajstić information content (AvgIpc) is 2.29. The molecule has 5 nitrogen and oxygen atoms in total. The van der Waals surface area contributed by atoms with Gasteiger partial charge in [-0.3, -0.25) is 0 Å². The van der Waals surface area contributed by atoms with Crippen LogP contribution in [0.15, 0.2) is 0 Å². The van der Waals surface area contributed by atoms with Gasteiger partial charge in [-0.1, -0.05) is 6.92 Å². The van der Waals surface area contributed by atoms with Gasteiger partial charge in [0.25, 0.3) is 0 Å². The molecule has 2 unspecified atom stereocenters. The van der Waals surface area contributed by atoms with Crippen molar-refractivity contribution < 1.29 is 13.5 Å². The van der Waals surface area contributed by atoms with E-state index in [4.69, 9.17) is 0 Å². The SMILES string of the molecule is CC1CCN(CC(O)CN(C)C(C)CS(C)(=O)=O)CC1. The third-order valence-electron chi connectivity index (χ3n) is 4.14. The molecule has 0 spiro atoms. The fourth-order valence-corrected chi connectivity index (χ4v) is 3.81. The molecule has 1 saturated heterocycles. The lowest BCUT2D eigenvalue weighted by molar-refractivity contribution is 0.0612. The summed E-state index contributed by atoms with van der Waals surface area (Å²) in [6, 6.07) is -0.0685. The smallest absolute Gasteiger partial charge is 0.148 e. The monoisotopic (exact) mass is 306 g/mol. The summed E-state index contributed by atoms with van der Waals surface area (Å²) in [6.45, 7) is 7.47. The Labute approximate surface area is 123 Å². The quantitative estimate of drug-likeness (QED) is 0.740. The van der Waals surface area contributed by atoms with Crippen molar-refractivity contribution in [3.05, 3.63) is 0 Å². The van der Waals surface area contributed by atoms with Crippen molar-refractivity contribution in [2.24, 2.45) is 5.92 Å². The second-order valence-corrected chi connectivity index (χ2v) is 8.70. The normalized spacial score (nSPS) is 22.1. The number of hydrogen-bond acceptors (Lipinski definition) is 5. The van der Waals surface area contributed by atoms with Crippen LogP contribution in [0.2, 0.25) is 0 Å². The van der Waals surface area contributed by atoms with Gasteiger partial charge >= 0.3 is 0 Å². The van der Waals surface area contributed by atoms with Gasteiger partial charge < -0.3 is 14.9 Å². The predicted molar refractivity (Wildman–Crippen MR) is 82.6 cm³/mol. The van der Waals surface area contributed by atoms with Crippen molar-refractivity contribution in [2.45, 2.75) is 38.8 Å². The van der Waals surface area contributed by atoms with Gasteiger partial charge in [0.05, 0.1) is 11.9 Å². The van der Waals surface area contributed by atoms with E-state index in [0.717, 1.165) is 19.0 Å². The first-order valence-corrected chi connectivity index (χ1v) is 9.52. The lowest BCUT2D eigenvalue weighted by Crippen LogP contribution is -2.45. The molecule has 1 heterocycles. The molecule has 2 atom stereocenters. The van der Waals surface area contributed by atoms with Crippen LogP contribution in [0.25, 0.3) is 0 Å². The van der Waals surface area contributed by atoms with E-state index in [2.05, 4.69) is 11.8 Å². The summed E-state index contributed by atoms with van der Waals surface area (Å²) in [5.41, 5.74) is 0. The standard InChI is InChI=1S/C14H30N2O3S/c1-12-5-7-16(8-6-12)10-14(17)9-15(3)13(2)11-20(4,18)19/h12-14,17H,5-11H2,1-4H3. The maximum Gasteiger partial charge on any atom is 0.148 e. The Morgan fingerprint density at radius 3 is 2.40 bits per heavy atom. The minimum absolute atomic E-state index is 0.0685. The van der Waals surface area contributed by atoms with Crippen LogP contribution >= 0.6 is 0 Å². The number of likely N-dealkylation sites (N-methyl/N-ethyl adjacent to an activating group) is 1. The summed E-state index contributed by atoms with van der Waals surface area (Å²) >= 11 is 0. The number of rotatable bonds is 7. The minimum Gasteiger partial charge on any atom is -0.390 e. The Kier molecular flexibility index (Phi) is 6.91. The number of nitrogens with zero attached hydrogens (tertiary/aromatic N) is 2. The second-order valence-electron chi connectivity index (χ2n) is 6.52. The highest BCUT2D eigenvalue weighted by molar-refractivity contribution is 7.90. The van der Waals surface area contributed by atoms with Gasteiger partial charge in [-0.05, 0) is 45.8 Å². The summed E-state index contributed by atoms with van der Waals surface area (Å²) < 4.78 is 22.6. The lowest BCUT2D eigenvalue weighted by atomic mass is 9.99. The predicted octanol–water partition coefficient (Wildman–Crippen LogP) is 0.444. The lowest BCUT2D eigenvalue weighted by Gasteiger charge is -2.33. The van der Waals surface area contributed by atoms with Crippen LogP contribution in [0.3, 0.4) is 0 Å². The molecule has 0 aromatic carbocycles. The van der Waals surface area contributed by atoms with Gasteiger partial charge in [0.1, 0.15) is 9.84 Å². The maximum atomic E-state index is 11.3. The number of likely N-dealkylation sites (tertiary alicyclic amines) is 1. The molecular formula is C14H30N2O3S. The van der Waals surface area contributed by atoms with E-state index in [1.54, 1.807) is 0 Å². The number of β-amino-alcohol motifs (C(OH)–C–C–N with tert-alkyl or cyclic N) is 1. The van der Waals surface area contributed by atoms with E-state index in [0.29, 0.717) is 13.1 Å². The van der Waals surface area contributed by atoms with Crippen LogP contribution in [0, 0.1) is 5.92 Å². The van der Waals surface area contributed by atoms with E-state index in [1.165, 1.54) is 19.1 Å². The molecule has 0 aromatic rings. The molecule has 0 aliphatic carbocycles. The Balaban J connectivity index is 2.32. The summed E-state index contributed by atoms with van der Waals surface area (Å²) in [5.74, 6) is 0.929. The largest absolute Gasteiger partial charge is 0.390 e. The number of aliphatic hydroxyl groups is 1. The number of aliphatic hydroxyl groups excluding tert-OH is 1. The summed E-state index contributed by atoms with van der Waals surface area (Å²) in [6.07, 6.45) is 3.23. The topological polar surface area (TPSA) is 60.9 Å². The zero-order valence-electron chi connectivity index (χ0n) is 13.2. The summed E-state index contributed by atoms with van der Waals surface area (Å²) in [5, 5.41) is 10.2. The molecule has 1 aliphatic heterocycles. The third kappa shape index (κ3) is 7.02. The molecule has 0 saturated carbocycles. The first-order valence-electron chi connectivity index (χ1n) is 7.45. The van der Waals surface area contributed by atoms with Crippen molar-refractivity contribution in [1.29, 1.82) is 0 Å². The maximum absolute atomic E-state index is 11.3. The zero-order valence-corrected chi connectivity index (χ0v) is 14.1. The fourth-order valence-electron chi connectivity index (χ4n) is 2.68. The first kappa shape index (κ1) is 17.9.